The molecule has 0 atom stereocenters. The number of nitrogens with one attached hydrogen (secondary N) is 1. The van der Waals surface area contributed by atoms with Gasteiger partial charge in [0.25, 0.3) is 0 Å². The lowest BCUT2D eigenvalue weighted by Gasteiger charge is -2.31. The maximum atomic E-state index is 13.5. The second-order valence-corrected chi connectivity index (χ2v) is 7.33. The first-order valence-corrected chi connectivity index (χ1v) is 10.2. The highest BCUT2D eigenvalue weighted by atomic mass is 19.1. The topological polar surface area (TPSA) is 85.8 Å². The van der Waals surface area contributed by atoms with E-state index in [-0.39, 0.29) is 30.7 Å². The molecule has 1 aliphatic heterocycles. The van der Waals surface area contributed by atoms with Crippen LogP contribution in [0.5, 0.6) is 11.6 Å². The molecule has 10 heteroatoms. The SMILES string of the molecule is CC(C)OC(=O)N1CCC(Oc2cc(NCCOc3cc(F)ccc3F)ncn2)CC1. The van der Waals surface area contributed by atoms with Crippen LogP contribution in [0.25, 0.3) is 0 Å². The number of amides is 1. The fourth-order valence-electron chi connectivity index (χ4n) is 3.03. The Morgan fingerprint density at radius 2 is 2.00 bits per heavy atom. The summed E-state index contributed by atoms with van der Waals surface area (Å²) in [6.45, 7) is 5.19. The highest BCUT2D eigenvalue weighted by Crippen LogP contribution is 2.20. The predicted molar refractivity (Wildman–Crippen MR) is 109 cm³/mol. The summed E-state index contributed by atoms with van der Waals surface area (Å²) < 4.78 is 43.1. The van der Waals surface area contributed by atoms with Crippen molar-refractivity contribution in [3.63, 3.8) is 0 Å². The lowest BCUT2D eigenvalue weighted by atomic mass is 10.1. The van der Waals surface area contributed by atoms with Crippen LogP contribution in [0.1, 0.15) is 26.7 Å². The van der Waals surface area contributed by atoms with Crippen molar-refractivity contribution in [3.05, 3.63) is 42.2 Å². The summed E-state index contributed by atoms with van der Waals surface area (Å²) in [4.78, 5) is 21.9. The lowest BCUT2D eigenvalue weighted by Crippen LogP contribution is -2.42. The summed E-state index contributed by atoms with van der Waals surface area (Å²) in [6, 6.07) is 4.70. The van der Waals surface area contributed by atoms with E-state index >= 15 is 0 Å². The maximum absolute atomic E-state index is 13.5. The second-order valence-electron chi connectivity index (χ2n) is 7.33. The number of ether oxygens (including phenoxy) is 3. The smallest absolute Gasteiger partial charge is 0.410 e. The van der Waals surface area contributed by atoms with Crippen LogP contribution in [0.2, 0.25) is 0 Å². The Hall–Kier alpha value is -3.17. The Morgan fingerprint density at radius 1 is 1.23 bits per heavy atom. The minimum absolute atomic E-state index is 0.0647. The Labute approximate surface area is 179 Å². The van der Waals surface area contributed by atoms with E-state index in [0.29, 0.717) is 44.2 Å². The molecule has 1 aromatic carbocycles. The Kier molecular flexibility index (Phi) is 7.80. The fourth-order valence-corrected chi connectivity index (χ4v) is 3.03. The molecule has 8 nitrogen and oxygen atoms in total. The molecule has 2 aromatic rings. The standard InChI is InChI=1S/C21H26F2N4O4/c1-14(2)30-21(28)27-8-5-16(6-9-27)31-20-12-19(25-13-26-20)24-7-10-29-18-11-15(22)3-4-17(18)23/h3-4,11-14,16H,5-10H2,1-2H3,(H,24,25,26). The van der Waals surface area contributed by atoms with Crippen LogP contribution in [-0.2, 0) is 4.74 Å². The molecule has 0 spiro atoms. The largest absolute Gasteiger partial charge is 0.489 e. The molecule has 0 radical (unpaired) electrons. The Morgan fingerprint density at radius 3 is 2.74 bits per heavy atom. The highest BCUT2D eigenvalue weighted by molar-refractivity contribution is 5.67. The van der Waals surface area contributed by atoms with Gasteiger partial charge in [-0.1, -0.05) is 0 Å². The van der Waals surface area contributed by atoms with Gasteiger partial charge in [-0.05, 0) is 26.0 Å². The summed E-state index contributed by atoms with van der Waals surface area (Å²) >= 11 is 0. The van der Waals surface area contributed by atoms with Crippen molar-refractivity contribution in [2.24, 2.45) is 0 Å². The highest BCUT2D eigenvalue weighted by Gasteiger charge is 2.25. The van der Waals surface area contributed by atoms with Crippen molar-refractivity contribution in [2.75, 3.05) is 31.6 Å². The average molecular weight is 436 g/mol. The number of hydrogen-bond acceptors (Lipinski definition) is 7. The number of rotatable bonds is 8. The van der Waals surface area contributed by atoms with Gasteiger partial charge in [0.2, 0.25) is 5.88 Å². The number of piperidine rings is 1. The van der Waals surface area contributed by atoms with E-state index in [1.165, 1.54) is 6.33 Å². The zero-order valence-electron chi connectivity index (χ0n) is 17.5. The van der Waals surface area contributed by atoms with Gasteiger partial charge in [0.15, 0.2) is 11.6 Å². The van der Waals surface area contributed by atoms with Crippen LogP contribution in [0.4, 0.5) is 19.4 Å². The van der Waals surface area contributed by atoms with Crippen LogP contribution in [-0.4, -0.2) is 59.4 Å². The van der Waals surface area contributed by atoms with Crippen LogP contribution in [0.15, 0.2) is 30.6 Å². The molecule has 1 N–H and O–H groups in total. The predicted octanol–water partition coefficient (Wildman–Crippen LogP) is 3.63. The maximum Gasteiger partial charge on any atom is 0.410 e. The van der Waals surface area contributed by atoms with Crippen LogP contribution >= 0.6 is 0 Å². The number of hydrogen-bond donors (Lipinski definition) is 1. The van der Waals surface area contributed by atoms with Gasteiger partial charge in [0.05, 0.1) is 12.6 Å². The number of likely N-dealkylation sites (tertiary alicyclic amines) is 1. The minimum Gasteiger partial charge on any atom is -0.489 e. The van der Waals surface area contributed by atoms with Crippen molar-refractivity contribution >= 4 is 11.9 Å². The molecule has 0 saturated carbocycles. The molecule has 0 unspecified atom stereocenters. The van der Waals surface area contributed by atoms with Crippen LogP contribution < -0.4 is 14.8 Å². The zero-order chi connectivity index (χ0) is 22.2. The quantitative estimate of drug-likeness (QED) is 0.633. The molecule has 168 valence electrons. The minimum atomic E-state index is -0.623. The van der Waals surface area contributed by atoms with Crippen molar-refractivity contribution < 1.29 is 27.8 Å². The third-order valence-electron chi connectivity index (χ3n) is 4.53. The molecule has 0 aliphatic carbocycles. The van der Waals surface area contributed by atoms with E-state index in [1.54, 1.807) is 11.0 Å². The van der Waals surface area contributed by atoms with Gasteiger partial charge in [-0.25, -0.2) is 23.5 Å². The molecule has 1 aromatic heterocycles. The molecule has 1 aliphatic rings. The van der Waals surface area contributed by atoms with Gasteiger partial charge in [-0.15, -0.1) is 0 Å². The summed E-state index contributed by atoms with van der Waals surface area (Å²) in [5.41, 5.74) is 0. The first-order valence-electron chi connectivity index (χ1n) is 10.2. The van der Waals surface area contributed by atoms with Gasteiger partial charge in [-0.2, -0.15) is 0 Å². The summed E-state index contributed by atoms with van der Waals surface area (Å²) in [5, 5.41) is 3.03. The van der Waals surface area contributed by atoms with Crippen LogP contribution in [0, 0.1) is 11.6 Å². The van der Waals surface area contributed by atoms with Crippen molar-refractivity contribution in [1.82, 2.24) is 14.9 Å². The van der Waals surface area contributed by atoms with E-state index < -0.39 is 11.6 Å². The van der Waals surface area contributed by atoms with Gasteiger partial charge < -0.3 is 24.4 Å². The molecule has 1 amide bonds. The number of carbonyl (C=O) groups is 1. The van der Waals surface area contributed by atoms with Gasteiger partial charge in [0.1, 0.15) is 30.7 Å². The van der Waals surface area contributed by atoms with E-state index in [4.69, 9.17) is 14.2 Å². The normalized spacial score (nSPS) is 14.4. The molecule has 1 saturated heterocycles. The number of aromatic nitrogens is 2. The Balaban J connectivity index is 1.42. The van der Waals surface area contributed by atoms with Crippen molar-refractivity contribution in [2.45, 2.75) is 38.9 Å². The first-order chi connectivity index (χ1) is 14.9. The van der Waals surface area contributed by atoms with Crippen molar-refractivity contribution in [1.29, 1.82) is 0 Å². The zero-order valence-corrected chi connectivity index (χ0v) is 17.5. The number of carbonyl (C=O) groups excluding carboxylic acids is 1. The molecule has 0 bridgehead atoms. The molecular formula is C21H26F2N4O4. The Bertz CT molecular complexity index is 876. The monoisotopic (exact) mass is 436 g/mol. The number of benzene rings is 1. The third kappa shape index (κ3) is 6.94. The number of nitrogens with zero attached hydrogens (tertiary/aromatic N) is 3. The van der Waals surface area contributed by atoms with Crippen molar-refractivity contribution in [3.8, 4) is 11.6 Å². The molecule has 2 heterocycles. The average Bonchev–Trinajstić information content (AvgIpc) is 2.74. The third-order valence-corrected chi connectivity index (χ3v) is 4.53. The fraction of sp³-hybridized carbons (Fsp3) is 0.476. The number of anilines is 1. The van der Waals surface area contributed by atoms with Gasteiger partial charge >= 0.3 is 6.09 Å². The van der Waals surface area contributed by atoms with E-state index in [2.05, 4.69) is 15.3 Å². The second kappa shape index (κ2) is 10.7. The van der Waals surface area contributed by atoms with E-state index in [9.17, 15) is 13.6 Å². The number of halogens is 2. The molecule has 31 heavy (non-hydrogen) atoms. The van der Waals surface area contributed by atoms with E-state index in [0.717, 1.165) is 18.2 Å². The van der Waals surface area contributed by atoms with Crippen LogP contribution in [0.3, 0.4) is 0 Å². The van der Waals surface area contributed by atoms with Gasteiger partial charge in [-0.3, -0.25) is 0 Å². The summed E-state index contributed by atoms with van der Waals surface area (Å²) in [6.07, 6.45) is 2.21. The molecule has 1 fully saturated rings. The summed E-state index contributed by atoms with van der Waals surface area (Å²) in [5.74, 6) is -0.395. The van der Waals surface area contributed by atoms with E-state index in [1.807, 2.05) is 13.8 Å². The molecule has 3 rings (SSSR count). The van der Waals surface area contributed by atoms with Gasteiger partial charge in [0, 0.05) is 38.1 Å². The summed E-state index contributed by atoms with van der Waals surface area (Å²) in [7, 11) is 0. The molecular weight excluding hydrogens is 410 g/mol. The lowest BCUT2D eigenvalue weighted by molar-refractivity contribution is 0.0507. The first kappa shape index (κ1) is 22.5.